The van der Waals surface area contributed by atoms with Crippen LogP contribution in [0.3, 0.4) is 0 Å². The number of halogens is 1. The third kappa shape index (κ3) is 3.03. The Morgan fingerprint density at radius 1 is 1.37 bits per heavy atom. The van der Waals surface area contributed by atoms with E-state index < -0.39 is 0 Å². The van der Waals surface area contributed by atoms with Gasteiger partial charge in [0.2, 0.25) is 0 Å². The smallest absolute Gasteiger partial charge is 0.257 e. The molecular weight excluding hydrogens is 262 g/mol. The minimum Gasteiger partial charge on any atom is -0.398 e. The van der Waals surface area contributed by atoms with E-state index in [4.69, 9.17) is 17.3 Å². The molecule has 98 valence electrons. The lowest BCUT2D eigenvalue weighted by Crippen LogP contribution is -2.27. The van der Waals surface area contributed by atoms with Crippen LogP contribution in [-0.4, -0.2) is 22.8 Å². The summed E-state index contributed by atoms with van der Waals surface area (Å²) in [6.45, 7) is 0.423. The minimum atomic E-state index is -0.175. The lowest BCUT2D eigenvalue weighted by molar-refractivity contribution is 0.0786. The van der Waals surface area contributed by atoms with Crippen molar-refractivity contribution < 1.29 is 4.79 Å². The Kier molecular flexibility index (Phi) is 4.02. The highest BCUT2D eigenvalue weighted by Crippen LogP contribution is 2.18. The van der Waals surface area contributed by atoms with Crippen molar-refractivity contribution in [1.29, 1.82) is 0 Å². The monoisotopic (exact) mass is 275 g/mol. The first-order valence-corrected chi connectivity index (χ1v) is 6.15. The maximum Gasteiger partial charge on any atom is 0.257 e. The Morgan fingerprint density at radius 2 is 2.11 bits per heavy atom. The van der Waals surface area contributed by atoms with E-state index in [-0.39, 0.29) is 5.91 Å². The zero-order chi connectivity index (χ0) is 13.8. The molecule has 1 aromatic heterocycles. The Bertz CT molecular complexity index is 601. The highest BCUT2D eigenvalue weighted by molar-refractivity contribution is 6.31. The van der Waals surface area contributed by atoms with E-state index in [0.717, 1.165) is 5.56 Å². The molecule has 0 radical (unpaired) electrons. The first-order chi connectivity index (χ1) is 9.09. The van der Waals surface area contributed by atoms with Crippen molar-refractivity contribution >= 4 is 23.2 Å². The van der Waals surface area contributed by atoms with Crippen LogP contribution in [0.4, 0.5) is 5.69 Å². The molecule has 4 nitrogen and oxygen atoms in total. The number of aromatic nitrogens is 1. The third-order valence-electron chi connectivity index (χ3n) is 2.80. The maximum absolute atomic E-state index is 12.2. The number of carbonyl (C=O) groups is 1. The number of carbonyl (C=O) groups excluding carboxylic acids is 1. The average molecular weight is 276 g/mol. The van der Waals surface area contributed by atoms with Gasteiger partial charge in [0.1, 0.15) is 0 Å². The molecule has 0 bridgehead atoms. The van der Waals surface area contributed by atoms with Crippen molar-refractivity contribution in [2.75, 3.05) is 12.8 Å². The van der Waals surface area contributed by atoms with Crippen LogP contribution in [0.25, 0.3) is 0 Å². The quantitative estimate of drug-likeness (QED) is 0.937. The molecule has 0 unspecified atom stereocenters. The van der Waals surface area contributed by atoms with E-state index in [2.05, 4.69) is 4.98 Å². The van der Waals surface area contributed by atoms with Gasteiger partial charge in [0.15, 0.2) is 0 Å². The number of benzene rings is 1. The van der Waals surface area contributed by atoms with E-state index >= 15 is 0 Å². The fourth-order valence-corrected chi connectivity index (χ4v) is 1.94. The average Bonchev–Trinajstić information content (AvgIpc) is 2.41. The molecule has 1 aromatic carbocycles. The van der Waals surface area contributed by atoms with Crippen LogP contribution in [0, 0.1) is 0 Å². The molecule has 0 fully saturated rings. The number of pyridine rings is 1. The van der Waals surface area contributed by atoms with Gasteiger partial charge in [-0.3, -0.25) is 9.78 Å². The van der Waals surface area contributed by atoms with Gasteiger partial charge in [0.25, 0.3) is 5.91 Å². The van der Waals surface area contributed by atoms with Crippen LogP contribution >= 0.6 is 11.6 Å². The molecule has 2 N–H and O–H groups in total. The number of nitrogen functional groups attached to an aromatic ring is 1. The van der Waals surface area contributed by atoms with Crippen molar-refractivity contribution in [2.45, 2.75) is 6.54 Å². The number of nitrogens with zero attached hydrogens (tertiary/aromatic N) is 2. The Balaban J connectivity index is 2.17. The summed E-state index contributed by atoms with van der Waals surface area (Å²) >= 11 is 6.08. The lowest BCUT2D eigenvalue weighted by Gasteiger charge is -2.18. The van der Waals surface area contributed by atoms with Gasteiger partial charge in [0.05, 0.1) is 5.56 Å². The Labute approximate surface area is 116 Å². The highest BCUT2D eigenvalue weighted by atomic mass is 35.5. The zero-order valence-electron chi connectivity index (χ0n) is 10.5. The number of amides is 1. The summed E-state index contributed by atoms with van der Waals surface area (Å²) in [5.41, 5.74) is 7.48. The SMILES string of the molecule is CN(Cc1ccccc1Cl)C(=O)c1cnccc1N. The van der Waals surface area contributed by atoms with Gasteiger partial charge < -0.3 is 10.6 Å². The predicted molar refractivity (Wildman–Crippen MR) is 75.9 cm³/mol. The molecule has 0 aliphatic rings. The molecule has 0 saturated carbocycles. The summed E-state index contributed by atoms with van der Waals surface area (Å²) in [7, 11) is 1.71. The lowest BCUT2D eigenvalue weighted by atomic mass is 10.2. The van der Waals surface area contributed by atoms with Gasteiger partial charge in [-0.15, -0.1) is 0 Å². The van der Waals surface area contributed by atoms with Gasteiger partial charge >= 0.3 is 0 Å². The highest BCUT2D eigenvalue weighted by Gasteiger charge is 2.15. The zero-order valence-corrected chi connectivity index (χ0v) is 11.3. The number of hydrogen-bond acceptors (Lipinski definition) is 3. The molecule has 2 aromatic rings. The van der Waals surface area contributed by atoms with E-state index in [1.807, 2.05) is 18.2 Å². The van der Waals surface area contributed by atoms with Gasteiger partial charge in [-0.25, -0.2) is 0 Å². The van der Waals surface area contributed by atoms with Crippen molar-refractivity contribution in [3.05, 3.63) is 58.9 Å². The minimum absolute atomic E-state index is 0.175. The standard InChI is InChI=1S/C14H14ClN3O/c1-18(9-10-4-2-3-5-12(10)15)14(19)11-8-17-7-6-13(11)16/h2-8H,9H2,1H3,(H2,16,17). The van der Waals surface area contributed by atoms with Crippen molar-refractivity contribution in [1.82, 2.24) is 9.88 Å². The molecular formula is C14H14ClN3O. The molecule has 0 atom stereocenters. The Hall–Kier alpha value is -2.07. The van der Waals surface area contributed by atoms with Gasteiger partial charge in [-0.1, -0.05) is 29.8 Å². The number of hydrogen-bond donors (Lipinski definition) is 1. The molecule has 0 aliphatic carbocycles. The molecule has 5 heteroatoms. The summed E-state index contributed by atoms with van der Waals surface area (Å²) in [6, 6.07) is 9.04. The second-order valence-electron chi connectivity index (χ2n) is 4.22. The number of rotatable bonds is 3. The number of nitrogens with two attached hydrogens (primary N) is 1. The first-order valence-electron chi connectivity index (χ1n) is 5.78. The van der Waals surface area contributed by atoms with Gasteiger partial charge in [-0.05, 0) is 17.7 Å². The largest absolute Gasteiger partial charge is 0.398 e. The summed E-state index contributed by atoms with van der Waals surface area (Å²) in [6.07, 6.45) is 3.03. The van der Waals surface area contributed by atoms with Gasteiger partial charge in [0, 0.05) is 36.7 Å². The van der Waals surface area contributed by atoms with E-state index in [1.54, 1.807) is 30.3 Å². The second kappa shape index (κ2) is 5.71. The van der Waals surface area contributed by atoms with Crippen LogP contribution in [0.15, 0.2) is 42.7 Å². The molecule has 1 heterocycles. The summed E-state index contributed by atoms with van der Waals surface area (Å²) in [5, 5.41) is 0.640. The fraction of sp³-hybridized carbons (Fsp3) is 0.143. The maximum atomic E-state index is 12.2. The summed E-state index contributed by atoms with van der Waals surface area (Å²) in [5.74, 6) is -0.175. The molecule has 1 amide bonds. The van der Waals surface area contributed by atoms with Crippen LogP contribution < -0.4 is 5.73 Å². The molecule has 0 spiro atoms. The van der Waals surface area contributed by atoms with Gasteiger partial charge in [-0.2, -0.15) is 0 Å². The van der Waals surface area contributed by atoms with Crippen molar-refractivity contribution in [2.24, 2.45) is 0 Å². The van der Waals surface area contributed by atoms with Crippen LogP contribution in [0.1, 0.15) is 15.9 Å². The molecule has 19 heavy (non-hydrogen) atoms. The predicted octanol–water partition coefficient (Wildman–Crippen LogP) is 2.59. The van der Waals surface area contributed by atoms with Crippen molar-refractivity contribution in [3.63, 3.8) is 0 Å². The molecule has 2 rings (SSSR count). The molecule has 0 saturated heterocycles. The summed E-state index contributed by atoms with van der Waals surface area (Å²) in [4.78, 5) is 17.7. The van der Waals surface area contributed by atoms with E-state index in [1.165, 1.54) is 6.20 Å². The normalized spacial score (nSPS) is 10.2. The fourth-order valence-electron chi connectivity index (χ4n) is 1.74. The van der Waals surface area contributed by atoms with E-state index in [9.17, 15) is 4.79 Å². The molecule has 0 aliphatic heterocycles. The van der Waals surface area contributed by atoms with E-state index in [0.29, 0.717) is 22.8 Å². The van der Waals surface area contributed by atoms with Crippen LogP contribution in [0.2, 0.25) is 5.02 Å². The topological polar surface area (TPSA) is 59.2 Å². The second-order valence-corrected chi connectivity index (χ2v) is 4.62. The number of anilines is 1. The van der Waals surface area contributed by atoms with Crippen molar-refractivity contribution in [3.8, 4) is 0 Å². The summed E-state index contributed by atoms with van der Waals surface area (Å²) < 4.78 is 0. The first kappa shape index (κ1) is 13.4. The van der Waals surface area contributed by atoms with Crippen LogP contribution in [0.5, 0.6) is 0 Å². The Morgan fingerprint density at radius 3 is 2.79 bits per heavy atom. The third-order valence-corrected chi connectivity index (χ3v) is 3.17. The van der Waals surface area contributed by atoms with Crippen LogP contribution in [-0.2, 0) is 6.54 Å².